The van der Waals surface area contributed by atoms with Crippen molar-refractivity contribution in [2.45, 2.75) is 136 Å². The van der Waals surface area contributed by atoms with Crippen LogP contribution in [0.25, 0.3) is 0 Å². The van der Waals surface area contributed by atoms with E-state index in [9.17, 15) is 24.0 Å². The number of aromatic nitrogens is 1. The minimum absolute atomic E-state index is 0.00170. The van der Waals surface area contributed by atoms with Crippen molar-refractivity contribution < 1.29 is 52.4 Å². The number of nitrogens with zero attached hydrogens (tertiary/aromatic N) is 4. The van der Waals surface area contributed by atoms with Gasteiger partial charge in [0.15, 0.2) is 5.78 Å². The number of Topliss-reactive ketones (excluding diaryl/α,β-unsaturated/α-hetero) is 2. The maximum absolute atomic E-state index is 14.7. The van der Waals surface area contributed by atoms with Gasteiger partial charge in [0.25, 0.3) is 0 Å². The van der Waals surface area contributed by atoms with E-state index < -0.39 is 41.4 Å². The van der Waals surface area contributed by atoms with E-state index in [1.807, 2.05) is 75.0 Å². The molecule has 1 aromatic carbocycles. The minimum Gasteiger partial charge on any atom is -0.379 e. The number of amides is 2. The molecule has 0 N–H and O–H groups in total. The van der Waals surface area contributed by atoms with Crippen molar-refractivity contribution in [2.75, 3.05) is 94.3 Å². The second kappa shape index (κ2) is 33.6. The lowest BCUT2D eigenvalue weighted by Gasteiger charge is -2.41. The predicted octanol–water partition coefficient (Wildman–Crippen LogP) is 7.76. The third-order valence-electron chi connectivity index (χ3n) is 14.1. The average Bonchev–Trinajstić information content (AvgIpc) is 4.07. The number of carbonyl (C=O) groups is 5. The molecule has 402 valence electrons. The van der Waals surface area contributed by atoms with Crippen molar-refractivity contribution in [3.05, 3.63) is 52.5 Å². The summed E-state index contributed by atoms with van der Waals surface area (Å²) >= 11 is 6.85. The standard InChI is InChI=1S/C54H87ClN4O11S/c1-12-39(6)51(58(9)54(64)43(37(2)3)35-46(61)50(38(4)5)57(8)23-25-68-27-29-70-31-30-69-28-26-67-24-20-48(55)62)47(65-10)36-49(63)59-22-16-19-44(59)52(66-11)40(7)45(60)34-42(53-56-21-32-71-53)33-41-17-14-13-15-18-41/h13-15,17-18,21,32,37-40,42-44,47,50-52H,12,16,19-20,22-31,33-36H2,1-11H3/t39-,40-,42+,43-,44-,47+,50-,51-,52+/m0/s1. The molecule has 1 saturated heterocycles. The maximum Gasteiger partial charge on any atom is 0.226 e. The summed E-state index contributed by atoms with van der Waals surface area (Å²) in [6.45, 7) is 18.2. The highest BCUT2D eigenvalue weighted by Gasteiger charge is 2.43. The van der Waals surface area contributed by atoms with Gasteiger partial charge in [-0.1, -0.05) is 85.2 Å². The van der Waals surface area contributed by atoms with Crippen molar-refractivity contribution in [1.82, 2.24) is 19.7 Å². The Kier molecular flexibility index (Phi) is 29.4. The summed E-state index contributed by atoms with van der Waals surface area (Å²) < 4.78 is 34.4. The van der Waals surface area contributed by atoms with Gasteiger partial charge in [-0.3, -0.25) is 28.9 Å². The molecule has 2 aromatic rings. The molecule has 1 aliphatic heterocycles. The van der Waals surface area contributed by atoms with Crippen LogP contribution in [0.4, 0.5) is 0 Å². The Bertz CT molecular complexity index is 1840. The first-order valence-corrected chi connectivity index (χ1v) is 27.0. The van der Waals surface area contributed by atoms with Crippen LogP contribution >= 0.6 is 22.9 Å². The van der Waals surface area contributed by atoms with Gasteiger partial charge in [-0.05, 0) is 61.2 Å². The lowest BCUT2D eigenvalue weighted by atomic mass is 9.83. The van der Waals surface area contributed by atoms with Crippen LogP contribution < -0.4 is 0 Å². The van der Waals surface area contributed by atoms with Crippen LogP contribution in [0.15, 0.2) is 41.9 Å². The molecule has 9 atom stereocenters. The molecule has 71 heavy (non-hydrogen) atoms. The number of ether oxygens (including phenoxy) is 6. The fourth-order valence-corrected chi connectivity index (χ4v) is 10.8. The molecular formula is C54H87ClN4O11S. The van der Waals surface area contributed by atoms with Crippen LogP contribution in [0.5, 0.6) is 0 Å². The normalized spacial score (nSPS) is 17.5. The fourth-order valence-electron chi connectivity index (χ4n) is 9.95. The summed E-state index contributed by atoms with van der Waals surface area (Å²) in [7, 11) is 6.92. The van der Waals surface area contributed by atoms with E-state index in [2.05, 4.69) is 31.0 Å². The van der Waals surface area contributed by atoms with E-state index in [1.54, 1.807) is 43.7 Å². The smallest absolute Gasteiger partial charge is 0.226 e. The average molecular weight is 1040 g/mol. The van der Waals surface area contributed by atoms with E-state index in [1.165, 1.54) is 0 Å². The van der Waals surface area contributed by atoms with E-state index >= 15 is 0 Å². The predicted molar refractivity (Wildman–Crippen MR) is 279 cm³/mol. The Balaban J connectivity index is 1.61. The molecule has 0 unspecified atom stereocenters. The highest BCUT2D eigenvalue weighted by molar-refractivity contribution is 7.09. The Morgan fingerprint density at radius 1 is 0.803 bits per heavy atom. The van der Waals surface area contributed by atoms with Crippen molar-refractivity contribution in [2.24, 2.45) is 29.6 Å². The van der Waals surface area contributed by atoms with Crippen molar-refractivity contribution in [3.63, 3.8) is 0 Å². The lowest BCUT2D eigenvalue weighted by Crippen LogP contribution is -2.54. The summed E-state index contributed by atoms with van der Waals surface area (Å²) in [6.07, 6.45) is 4.22. The molecule has 17 heteroatoms. The quantitative estimate of drug-likeness (QED) is 0.0474. The molecule has 0 radical (unpaired) electrons. The van der Waals surface area contributed by atoms with E-state index in [0.29, 0.717) is 78.6 Å². The molecule has 2 heterocycles. The Hall–Kier alpha value is -3.19. The van der Waals surface area contributed by atoms with Crippen molar-refractivity contribution >= 4 is 51.6 Å². The summed E-state index contributed by atoms with van der Waals surface area (Å²) in [5, 5.41) is 2.45. The Morgan fingerprint density at radius 2 is 1.42 bits per heavy atom. The first-order chi connectivity index (χ1) is 34.0. The topological polar surface area (TPSA) is 163 Å². The number of rotatable bonds is 38. The third kappa shape index (κ3) is 20.6. The number of hydrogen-bond acceptors (Lipinski definition) is 14. The third-order valence-corrected chi connectivity index (χ3v) is 15.2. The van der Waals surface area contributed by atoms with Crippen LogP contribution in [0.1, 0.15) is 110 Å². The van der Waals surface area contributed by atoms with Gasteiger partial charge in [0.05, 0.1) is 94.6 Å². The molecule has 0 spiro atoms. The molecule has 1 aromatic heterocycles. The van der Waals surface area contributed by atoms with Crippen molar-refractivity contribution in [3.8, 4) is 0 Å². The molecule has 1 fully saturated rings. The zero-order valence-corrected chi connectivity index (χ0v) is 46.3. The largest absolute Gasteiger partial charge is 0.379 e. The zero-order valence-electron chi connectivity index (χ0n) is 44.7. The molecule has 1 aliphatic rings. The van der Waals surface area contributed by atoms with Crippen LogP contribution in [-0.4, -0.2) is 173 Å². The van der Waals surface area contributed by atoms with Gasteiger partial charge in [0.2, 0.25) is 17.1 Å². The summed E-state index contributed by atoms with van der Waals surface area (Å²) in [6, 6.07) is 9.00. The highest BCUT2D eigenvalue weighted by atomic mass is 35.5. The van der Waals surface area contributed by atoms with Crippen LogP contribution in [0.3, 0.4) is 0 Å². The second-order valence-electron chi connectivity index (χ2n) is 19.8. The van der Waals surface area contributed by atoms with Gasteiger partial charge in [-0.25, -0.2) is 4.98 Å². The van der Waals surface area contributed by atoms with Crippen LogP contribution in [0.2, 0.25) is 0 Å². The maximum atomic E-state index is 14.7. The van der Waals surface area contributed by atoms with Gasteiger partial charge in [0.1, 0.15) is 5.78 Å². The molecule has 15 nitrogen and oxygen atoms in total. The molecule has 2 amide bonds. The molecule has 0 bridgehead atoms. The number of benzene rings is 1. The number of likely N-dealkylation sites (tertiary alicyclic amines) is 1. The Morgan fingerprint density at radius 3 is 1.96 bits per heavy atom. The summed E-state index contributed by atoms with van der Waals surface area (Å²) in [5.41, 5.74) is 1.15. The number of ketones is 2. The van der Waals surface area contributed by atoms with E-state index in [-0.39, 0.29) is 79.0 Å². The Labute approximate surface area is 434 Å². The zero-order chi connectivity index (χ0) is 52.5. The van der Waals surface area contributed by atoms with Crippen molar-refractivity contribution in [1.29, 1.82) is 0 Å². The number of carbonyl (C=O) groups excluding carboxylic acids is 5. The van der Waals surface area contributed by atoms with E-state index in [0.717, 1.165) is 23.4 Å². The van der Waals surface area contributed by atoms with Gasteiger partial charge in [-0.15, -0.1) is 11.3 Å². The van der Waals surface area contributed by atoms with Gasteiger partial charge in [0, 0.05) is 82.9 Å². The molecule has 3 rings (SSSR count). The number of halogens is 1. The van der Waals surface area contributed by atoms with Crippen LogP contribution in [0, 0.1) is 29.6 Å². The monoisotopic (exact) mass is 1030 g/mol. The van der Waals surface area contributed by atoms with Gasteiger partial charge in [-0.2, -0.15) is 0 Å². The van der Waals surface area contributed by atoms with Gasteiger partial charge >= 0.3 is 0 Å². The highest BCUT2D eigenvalue weighted by Crippen LogP contribution is 2.34. The number of thiazole rings is 1. The second-order valence-corrected chi connectivity index (χ2v) is 21.1. The van der Waals surface area contributed by atoms with Gasteiger partial charge < -0.3 is 38.2 Å². The first-order valence-electron chi connectivity index (χ1n) is 25.8. The number of methoxy groups -OCH3 is 2. The molecular weight excluding hydrogens is 948 g/mol. The SMILES string of the molecule is CC[C@H](C)[C@@H]([C@@H](CC(=O)N1CCC[C@H]1[C@H](OC)[C@@H](C)C(=O)C[C@@H](Cc1ccccc1)c1nccs1)OC)N(C)C(=O)[C@@H](CC(=O)[C@H](C(C)C)N(C)CCOCCOCCOCCOCCC(=O)Cl)C(C)C. The van der Waals surface area contributed by atoms with E-state index in [4.69, 9.17) is 40.0 Å². The minimum atomic E-state index is -0.618. The molecule has 0 aliphatic carbocycles. The summed E-state index contributed by atoms with van der Waals surface area (Å²) in [4.78, 5) is 78.5. The summed E-state index contributed by atoms with van der Waals surface area (Å²) in [5.74, 6) is -1.44. The first kappa shape index (κ1) is 62.1. The molecule has 0 saturated carbocycles. The lowest BCUT2D eigenvalue weighted by molar-refractivity contribution is -0.149. The fraction of sp³-hybridized carbons (Fsp3) is 0.741. The van der Waals surface area contributed by atoms with Crippen LogP contribution in [-0.2, 0) is 58.8 Å². The number of hydrogen-bond donors (Lipinski definition) is 0. The number of likely N-dealkylation sites (N-methyl/N-ethyl adjacent to an activating group) is 2.